The third kappa shape index (κ3) is 3.59. The largest absolute Gasteiger partial charge is 0.472 e. The molecular formula is C12H13N3O6. The number of carbonyl (C=O) groups is 2. The normalized spacial score (nSPS) is 13.2. The average Bonchev–Trinajstić information content (AvgIpc) is 2.40. The lowest BCUT2D eigenvalue weighted by Crippen LogP contribution is -2.40. The maximum atomic E-state index is 12.2. The van der Waals surface area contributed by atoms with Gasteiger partial charge in [0.05, 0.1) is 5.56 Å². The second-order valence-electron chi connectivity index (χ2n) is 4.29. The zero-order chi connectivity index (χ0) is 15.4. The van der Waals surface area contributed by atoms with Gasteiger partial charge < -0.3 is 19.8 Å². The molecule has 0 saturated heterocycles. The summed E-state index contributed by atoms with van der Waals surface area (Å²) in [6.45, 7) is 1.17. The standard InChI is InChI=1S/C12H13N3O6/c1-8(16)13-9-2-3-10-11(6-9)20-7-14(12(10)17)4-5-21-15(18)19/h2-3,6H,4-5,7H2,1H3,(H,13,16). The molecule has 0 saturated carbocycles. The van der Waals surface area contributed by atoms with E-state index in [4.69, 9.17) is 4.74 Å². The first-order chi connectivity index (χ1) is 9.97. The molecule has 1 aromatic rings. The van der Waals surface area contributed by atoms with Gasteiger partial charge in [0.25, 0.3) is 11.0 Å². The number of fused-ring (bicyclic) bond motifs is 1. The monoisotopic (exact) mass is 295 g/mol. The van der Waals surface area contributed by atoms with E-state index in [1.54, 1.807) is 12.1 Å². The van der Waals surface area contributed by atoms with E-state index in [0.717, 1.165) is 0 Å². The molecule has 2 amide bonds. The van der Waals surface area contributed by atoms with Crippen LogP contribution in [0, 0.1) is 10.1 Å². The number of nitrogens with one attached hydrogen (secondary N) is 1. The van der Waals surface area contributed by atoms with Crippen LogP contribution in [0.25, 0.3) is 0 Å². The van der Waals surface area contributed by atoms with E-state index in [1.165, 1.54) is 17.9 Å². The molecule has 0 atom stereocenters. The van der Waals surface area contributed by atoms with Gasteiger partial charge >= 0.3 is 0 Å². The molecule has 1 N–H and O–H groups in total. The van der Waals surface area contributed by atoms with Crippen molar-refractivity contribution in [3.8, 4) is 5.75 Å². The molecule has 0 radical (unpaired) electrons. The fraction of sp³-hybridized carbons (Fsp3) is 0.333. The SMILES string of the molecule is CC(=O)Nc1ccc2c(c1)OCN(CCO[N+](=O)[O-])C2=O. The molecule has 1 aliphatic rings. The number of hydrogen-bond acceptors (Lipinski definition) is 6. The van der Waals surface area contributed by atoms with E-state index < -0.39 is 5.09 Å². The summed E-state index contributed by atoms with van der Waals surface area (Å²) in [6, 6.07) is 4.67. The van der Waals surface area contributed by atoms with E-state index in [0.29, 0.717) is 17.0 Å². The van der Waals surface area contributed by atoms with Crippen LogP contribution in [0.2, 0.25) is 0 Å². The summed E-state index contributed by atoms with van der Waals surface area (Å²) in [7, 11) is 0. The van der Waals surface area contributed by atoms with Crippen LogP contribution in [0.1, 0.15) is 17.3 Å². The maximum absolute atomic E-state index is 12.2. The van der Waals surface area contributed by atoms with Crippen LogP contribution < -0.4 is 10.1 Å². The molecule has 2 rings (SSSR count). The van der Waals surface area contributed by atoms with Gasteiger partial charge in [-0.05, 0) is 12.1 Å². The number of benzene rings is 1. The molecule has 0 bridgehead atoms. The summed E-state index contributed by atoms with van der Waals surface area (Å²) in [5.74, 6) is -0.175. The van der Waals surface area contributed by atoms with Crippen LogP contribution >= 0.6 is 0 Å². The average molecular weight is 295 g/mol. The van der Waals surface area contributed by atoms with Crippen LogP contribution in [0.3, 0.4) is 0 Å². The lowest BCUT2D eigenvalue weighted by atomic mass is 10.1. The summed E-state index contributed by atoms with van der Waals surface area (Å²) in [5.41, 5.74) is 0.857. The highest BCUT2D eigenvalue weighted by atomic mass is 16.9. The molecule has 0 spiro atoms. The van der Waals surface area contributed by atoms with E-state index in [2.05, 4.69) is 10.2 Å². The Kier molecular flexibility index (Phi) is 4.21. The number of carbonyl (C=O) groups excluding carboxylic acids is 2. The summed E-state index contributed by atoms with van der Waals surface area (Å²) in [6.07, 6.45) is 0. The topological polar surface area (TPSA) is 111 Å². The molecule has 0 aromatic heterocycles. The van der Waals surface area contributed by atoms with Gasteiger partial charge in [0.1, 0.15) is 12.4 Å². The fourth-order valence-electron chi connectivity index (χ4n) is 1.87. The minimum absolute atomic E-state index is 0.0313. The van der Waals surface area contributed by atoms with Gasteiger partial charge in [0.15, 0.2) is 6.73 Å². The molecule has 0 aliphatic carbocycles. The molecular weight excluding hydrogens is 282 g/mol. The van der Waals surface area contributed by atoms with Crippen molar-refractivity contribution in [1.29, 1.82) is 0 Å². The van der Waals surface area contributed by atoms with Crippen LogP contribution in [-0.4, -0.2) is 41.7 Å². The predicted octanol–water partition coefficient (Wildman–Crippen LogP) is 0.645. The minimum atomic E-state index is -0.914. The van der Waals surface area contributed by atoms with E-state index in [-0.39, 0.29) is 31.7 Å². The predicted molar refractivity (Wildman–Crippen MR) is 70.2 cm³/mol. The van der Waals surface area contributed by atoms with Crippen LogP contribution in [0.15, 0.2) is 18.2 Å². The number of hydrogen-bond donors (Lipinski definition) is 1. The van der Waals surface area contributed by atoms with Crippen molar-refractivity contribution < 1.29 is 24.3 Å². The Morgan fingerprint density at radius 1 is 1.57 bits per heavy atom. The first-order valence-corrected chi connectivity index (χ1v) is 6.08. The molecule has 0 fully saturated rings. The van der Waals surface area contributed by atoms with E-state index in [9.17, 15) is 19.7 Å². The Labute approximate surface area is 119 Å². The van der Waals surface area contributed by atoms with Crippen molar-refractivity contribution in [2.45, 2.75) is 6.92 Å². The second-order valence-corrected chi connectivity index (χ2v) is 4.29. The highest BCUT2D eigenvalue weighted by Gasteiger charge is 2.25. The minimum Gasteiger partial charge on any atom is -0.472 e. The van der Waals surface area contributed by atoms with Gasteiger partial charge in [-0.15, -0.1) is 10.1 Å². The van der Waals surface area contributed by atoms with Crippen molar-refractivity contribution >= 4 is 17.5 Å². The quantitative estimate of drug-likeness (QED) is 0.630. The van der Waals surface area contributed by atoms with Gasteiger partial charge in [0.2, 0.25) is 5.91 Å². The molecule has 0 unspecified atom stereocenters. The maximum Gasteiger partial charge on any atom is 0.294 e. The molecule has 9 nitrogen and oxygen atoms in total. The van der Waals surface area contributed by atoms with Crippen LogP contribution in [0.4, 0.5) is 5.69 Å². The first-order valence-electron chi connectivity index (χ1n) is 6.08. The number of ether oxygens (including phenoxy) is 1. The third-order valence-corrected chi connectivity index (χ3v) is 2.75. The van der Waals surface area contributed by atoms with Crippen molar-refractivity contribution in [1.82, 2.24) is 4.90 Å². The third-order valence-electron chi connectivity index (χ3n) is 2.75. The van der Waals surface area contributed by atoms with Gasteiger partial charge in [-0.25, -0.2) is 0 Å². The smallest absolute Gasteiger partial charge is 0.294 e. The van der Waals surface area contributed by atoms with Crippen molar-refractivity contribution in [3.63, 3.8) is 0 Å². The number of anilines is 1. The highest BCUT2D eigenvalue weighted by Crippen LogP contribution is 2.28. The Bertz CT molecular complexity index is 588. The Hall–Kier alpha value is -2.84. The van der Waals surface area contributed by atoms with Gasteiger partial charge in [-0.2, -0.15) is 0 Å². The summed E-state index contributed by atoms with van der Waals surface area (Å²) >= 11 is 0. The van der Waals surface area contributed by atoms with Gasteiger partial charge in [-0.3, -0.25) is 9.59 Å². The summed E-state index contributed by atoms with van der Waals surface area (Å²) in [4.78, 5) is 38.7. The Morgan fingerprint density at radius 2 is 2.33 bits per heavy atom. The summed E-state index contributed by atoms with van der Waals surface area (Å²) in [5, 5.41) is 11.7. The molecule has 1 heterocycles. The zero-order valence-corrected chi connectivity index (χ0v) is 11.2. The van der Waals surface area contributed by atoms with Gasteiger partial charge in [-0.1, -0.05) is 0 Å². The molecule has 9 heteroatoms. The van der Waals surface area contributed by atoms with Crippen LogP contribution in [0.5, 0.6) is 5.75 Å². The molecule has 112 valence electrons. The van der Waals surface area contributed by atoms with Crippen molar-refractivity contribution in [2.75, 3.05) is 25.2 Å². The summed E-state index contributed by atoms with van der Waals surface area (Å²) < 4.78 is 5.41. The molecule has 21 heavy (non-hydrogen) atoms. The molecule has 1 aliphatic heterocycles. The number of rotatable bonds is 5. The zero-order valence-electron chi connectivity index (χ0n) is 11.2. The van der Waals surface area contributed by atoms with E-state index in [1.807, 2.05) is 0 Å². The molecule has 1 aromatic carbocycles. The highest BCUT2D eigenvalue weighted by molar-refractivity contribution is 5.99. The number of nitrogens with zero attached hydrogens (tertiary/aromatic N) is 2. The lowest BCUT2D eigenvalue weighted by molar-refractivity contribution is -0.757. The van der Waals surface area contributed by atoms with Gasteiger partial charge in [0, 0.05) is 25.2 Å². The van der Waals surface area contributed by atoms with Crippen molar-refractivity contribution in [3.05, 3.63) is 33.9 Å². The second kappa shape index (κ2) is 6.07. The number of amides is 2. The van der Waals surface area contributed by atoms with Crippen LogP contribution in [-0.2, 0) is 9.63 Å². The van der Waals surface area contributed by atoms with E-state index >= 15 is 0 Å². The Morgan fingerprint density at radius 3 is 3.00 bits per heavy atom. The fourth-order valence-corrected chi connectivity index (χ4v) is 1.87. The van der Waals surface area contributed by atoms with Crippen molar-refractivity contribution in [2.24, 2.45) is 0 Å². The lowest BCUT2D eigenvalue weighted by Gasteiger charge is -2.28. The first kappa shape index (κ1) is 14.6. The Balaban J connectivity index is 2.06.